The zero-order chi connectivity index (χ0) is 27.5. The molecule has 10 nitrogen and oxygen atoms in total. The van der Waals surface area contributed by atoms with Crippen molar-refractivity contribution in [2.24, 2.45) is 0 Å². The number of benzene rings is 2. The van der Waals surface area contributed by atoms with Gasteiger partial charge in [0.1, 0.15) is 13.1 Å². The van der Waals surface area contributed by atoms with Crippen molar-refractivity contribution < 1.29 is 33.4 Å². The second-order valence-electron chi connectivity index (χ2n) is 9.06. The predicted molar refractivity (Wildman–Crippen MR) is 146 cm³/mol. The van der Waals surface area contributed by atoms with Crippen LogP contribution in [0.25, 0.3) is 17.0 Å². The van der Waals surface area contributed by atoms with Crippen molar-refractivity contribution >= 4 is 57.5 Å². The molecule has 0 atom stereocenters. The van der Waals surface area contributed by atoms with Gasteiger partial charge in [-0.15, -0.1) is 0 Å². The highest BCUT2D eigenvalue weighted by molar-refractivity contribution is 8.18. The number of fused-ring (bicyclic) bond motifs is 2. The molecule has 0 saturated carbocycles. The van der Waals surface area contributed by atoms with Gasteiger partial charge in [-0.3, -0.25) is 24.1 Å². The molecular formula is C28H27N3O7S. The van der Waals surface area contributed by atoms with E-state index in [2.05, 4.69) is 5.32 Å². The Labute approximate surface area is 228 Å². The average molecular weight is 550 g/mol. The number of anilines is 1. The molecule has 3 amide bonds. The molecule has 3 aromatic rings. The number of imide groups is 1. The normalized spacial score (nSPS) is 15.4. The van der Waals surface area contributed by atoms with E-state index >= 15 is 0 Å². The number of carbonyl (C=O) groups is 4. The lowest BCUT2D eigenvalue weighted by molar-refractivity contribution is -0.146. The molecule has 1 N–H and O–H groups in total. The second-order valence-corrected chi connectivity index (χ2v) is 10.1. The molecule has 0 bridgehead atoms. The first-order chi connectivity index (χ1) is 18.9. The van der Waals surface area contributed by atoms with Gasteiger partial charge >= 0.3 is 5.97 Å². The van der Waals surface area contributed by atoms with Crippen LogP contribution < -0.4 is 14.8 Å². The first-order valence-corrected chi connectivity index (χ1v) is 13.4. The molecule has 1 saturated heterocycles. The third-order valence-electron chi connectivity index (χ3n) is 6.43. The van der Waals surface area contributed by atoms with Crippen molar-refractivity contribution in [3.8, 4) is 11.5 Å². The van der Waals surface area contributed by atoms with Crippen molar-refractivity contribution in [2.45, 2.75) is 33.2 Å². The van der Waals surface area contributed by atoms with Gasteiger partial charge in [0.15, 0.2) is 11.5 Å². The number of nitrogens with zero attached hydrogens (tertiary/aromatic N) is 2. The number of ether oxygens (including phenoxy) is 3. The highest BCUT2D eigenvalue weighted by Gasteiger charge is 2.37. The van der Waals surface area contributed by atoms with E-state index in [0.29, 0.717) is 23.6 Å². The van der Waals surface area contributed by atoms with Crippen LogP contribution >= 0.6 is 11.8 Å². The Kier molecular flexibility index (Phi) is 7.60. The molecule has 2 aromatic carbocycles. The third kappa shape index (κ3) is 5.49. The lowest BCUT2D eigenvalue weighted by Gasteiger charge is -2.11. The minimum Gasteiger partial charge on any atom is -0.464 e. The summed E-state index contributed by atoms with van der Waals surface area (Å²) in [6, 6.07) is 12.7. The Bertz CT molecular complexity index is 1510. The number of rotatable bonds is 9. The second kappa shape index (κ2) is 11.2. The van der Waals surface area contributed by atoms with Crippen molar-refractivity contribution in [2.75, 3.05) is 25.3 Å². The Hall–Kier alpha value is -4.25. The van der Waals surface area contributed by atoms with Gasteiger partial charge in [0.25, 0.3) is 11.1 Å². The fourth-order valence-electron chi connectivity index (χ4n) is 4.43. The Balaban J connectivity index is 1.36. The van der Waals surface area contributed by atoms with Gasteiger partial charge in [-0.25, -0.2) is 0 Å². The van der Waals surface area contributed by atoms with Crippen LogP contribution in [0.3, 0.4) is 0 Å². The van der Waals surface area contributed by atoms with E-state index in [1.165, 1.54) is 0 Å². The molecule has 3 heterocycles. The number of carbonyl (C=O) groups excluding carboxylic acids is 4. The molecule has 1 fully saturated rings. The molecule has 0 radical (unpaired) electrons. The molecule has 39 heavy (non-hydrogen) atoms. The Morgan fingerprint density at radius 2 is 1.90 bits per heavy atom. The fourth-order valence-corrected chi connectivity index (χ4v) is 5.25. The van der Waals surface area contributed by atoms with Gasteiger partial charge in [-0.2, -0.15) is 0 Å². The van der Waals surface area contributed by atoms with Crippen LogP contribution in [0.1, 0.15) is 31.0 Å². The standard InChI is InChI=1S/C28H27N3O7S/c1-3-4-11-36-26(33)15-31-27(34)24(39-28(31)35)13-20-17(2)30(21-8-6-5-7-19(20)21)14-25(32)29-18-9-10-22-23(12-18)38-16-37-22/h5-10,12-13H,3-4,11,14-16H2,1-2H3,(H,29,32)/b24-13-. The number of thioether (sulfide) groups is 1. The number of hydrogen-bond donors (Lipinski definition) is 1. The van der Waals surface area contributed by atoms with Crippen molar-refractivity contribution in [3.63, 3.8) is 0 Å². The van der Waals surface area contributed by atoms with Gasteiger partial charge < -0.3 is 24.1 Å². The topological polar surface area (TPSA) is 116 Å². The molecule has 0 spiro atoms. The molecule has 2 aliphatic heterocycles. The lowest BCUT2D eigenvalue weighted by Crippen LogP contribution is -2.34. The van der Waals surface area contributed by atoms with E-state index < -0.39 is 23.7 Å². The number of amides is 3. The van der Waals surface area contributed by atoms with E-state index in [-0.39, 0.29) is 30.8 Å². The average Bonchev–Trinajstić information content (AvgIpc) is 3.56. The molecule has 0 unspecified atom stereocenters. The van der Waals surface area contributed by atoms with Crippen LogP contribution in [-0.4, -0.2) is 52.4 Å². The molecule has 2 aliphatic rings. The smallest absolute Gasteiger partial charge is 0.326 e. The molecular weight excluding hydrogens is 522 g/mol. The molecule has 202 valence electrons. The van der Waals surface area contributed by atoms with Crippen LogP contribution in [0.4, 0.5) is 10.5 Å². The number of unbranched alkanes of at least 4 members (excludes halogenated alkanes) is 1. The first kappa shape index (κ1) is 26.4. The fraction of sp³-hybridized carbons (Fsp3) is 0.286. The summed E-state index contributed by atoms with van der Waals surface area (Å²) in [6.45, 7) is 3.83. The van der Waals surface area contributed by atoms with Crippen molar-refractivity contribution in [1.82, 2.24) is 9.47 Å². The summed E-state index contributed by atoms with van der Waals surface area (Å²) in [4.78, 5) is 51.8. The predicted octanol–water partition coefficient (Wildman–Crippen LogP) is 4.70. The summed E-state index contributed by atoms with van der Waals surface area (Å²) >= 11 is 0.779. The summed E-state index contributed by atoms with van der Waals surface area (Å²) < 4.78 is 17.7. The quantitative estimate of drug-likeness (QED) is 0.232. The van der Waals surface area contributed by atoms with Crippen LogP contribution in [0, 0.1) is 6.92 Å². The SMILES string of the molecule is CCCCOC(=O)CN1C(=O)S/C(=C\c2c(C)n(CC(=O)Nc3ccc4c(c3)OCO4)c3ccccc23)C1=O. The van der Waals surface area contributed by atoms with Crippen LogP contribution in [0.5, 0.6) is 11.5 Å². The summed E-state index contributed by atoms with van der Waals surface area (Å²) in [5.41, 5.74) is 2.86. The zero-order valence-corrected chi connectivity index (χ0v) is 22.3. The summed E-state index contributed by atoms with van der Waals surface area (Å²) in [5.74, 6) is -0.211. The van der Waals surface area contributed by atoms with E-state index in [9.17, 15) is 19.2 Å². The van der Waals surface area contributed by atoms with E-state index in [1.807, 2.05) is 42.7 Å². The van der Waals surface area contributed by atoms with Gasteiger partial charge in [-0.05, 0) is 49.4 Å². The van der Waals surface area contributed by atoms with Gasteiger partial charge in [0, 0.05) is 33.9 Å². The molecule has 0 aliphatic carbocycles. The summed E-state index contributed by atoms with van der Waals surface area (Å²) in [6.07, 6.45) is 3.23. The number of para-hydroxylation sites is 1. The molecule has 11 heteroatoms. The zero-order valence-electron chi connectivity index (χ0n) is 21.5. The maximum Gasteiger partial charge on any atom is 0.326 e. The minimum absolute atomic E-state index is 0.0275. The largest absolute Gasteiger partial charge is 0.464 e. The minimum atomic E-state index is -0.617. The third-order valence-corrected chi connectivity index (χ3v) is 7.34. The maximum atomic E-state index is 13.0. The highest BCUT2D eigenvalue weighted by Crippen LogP contribution is 2.36. The van der Waals surface area contributed by atoms with Gasteiger partial charge in [0.2, 0.25) is 12.7 Å². The maximum absolute atomic E-state index is 13.0. The summed E-state index contributed by atoms with van der Waals surface area (Å²) in [7, 11) is 0. The molecule has 5 rings (SSSR count). The number of esters is 1. The van der Waals surface area contributed by atoms with E-state index in [1.54, 1.807) is 24.3 Å². The van der Waals surface area contributed by atoms with Crippen LogP contribution in [0.2, 0.25) is 0 Å². The van der Waals surface area contributed by atoms with Gasteiger partial charge in [-0.1, -0.05) is 31.5 Å². The number of nitrogens with one attached hydrogen (secondary N) is 1. The van der Waals surface area contributed by atoms with Gasteiger partial charge in [0.05, 0.1) is 11.5 Å². The van der Waals surface area contributed by atoms with Crippen molar-refractivity contribution in [3.05, 3.63) is 58.6 Å². The van der Waals surface area contributed by atoms with Crippen LogP contribution in [-0.2, 0) is 25.7 Å². The van der Waals surface area contributed by atoms with Crippen molar-refractivity contribution in [1.29, 1.82) is 0 Å². The first-order valence-electron chi connectivity index (χ1n) is 12.5. The number of hydrogen-bond acceptors (Lipinski definition) is 8. The Morgan fingerprint density at radius 1 is 1.10 bits per heavy atom. The van der Waals surface area contributed by atoms with E-state index in [0.717, 1.165) is 45.2 Å². The highest BCUT2D eigenvalue weighted by atomic mass is 32.2. The molecule has 1 aromatic heterocycles. The monoisotopic (exact) mass is 549 g/mol. The lowest BCUT2D eigenvalue weighted by atomic mass is 10.1. The number of aromatic nitrogens is 1. The summed E-state index contributed by atoms with van der Waals surface area (Å²) in [5, 5.41) is 3.19. The Morgan fingerprint density at radius 3 is 2.72 bits per heavy atom. The van der Waals surface area contributed by atoms with E-state index in [4.69, 9.17) is 14.2 Å². The van der Waals surface area contributed by atoms with Crippen LogP contribution in [0.15, 0.2) is 47.4 Å².